The van der Waals surface area contributed by atoms with E-state index < -0.39 is 17.9 Å². The van der Waals surface area contributed by atoms with Gasteiger partial charge in [0, 0.05) is 6.61 Å². The number of nitrogens with zero attached hydrogens (tertiary/aromatic N) is 3. The highest BCUT2D eigenvalue weighted by Crippen LogP contribution is 2.29. The van der Waals surface area contributed by atoms with E-state index in [2.05, 4.69) is 16.5 Å². The Hall–Kier alpha value is -3.16. The van der Waals surface area contributed by atoms with Crippen LogP contribution in [-0.2, 0) is 15.1 Å². The molecule has 0 spiro atoms. The van der Waals surface area contributed by atoms with Crippen LogP contribution in [0.2, 0.25) is 0 Å². The van der Waals surface area contributed by atoms with Crippen molar-refractivity contribution >= 4 is 23.6 Å². The van der Waals surface area contributed by atoms with Crippen molar-refractivity contribution in [1.29, 1.82) is 5.26 Å². The molecule has 30 heavy (non-hydrogen) atoms. The number of carbonyl (C=O) groups is 1. The van der Waals surface area contributed by atoms with Gasteiger partial charge in [0.05, 0.1) is 30.2 Å². The molecule has 0 aliphatic carbocycles. The summed E-state index contributed by atoms with van der Waals surface area (Å²) < 4.78 is 32.9. The first-order chi connectivity index (χ1) is 14.2. The Balaban J connectivity index is 1.84. The average molecular weight is 418 g/mol. The molecule has 1 aromatic carbocycles. The topological polar surface area (TPSA) is 124 Å². The average Bonchev–Trinajstić information content (AvgIpc) is 3.11. The molecule has 1 fully saturated rings. The van der Waals surface area contributed by atoms with Gasteiger partial charge in [0.25, 0.3) is 12.3 Å². The maximum Gasteiger partial charge on any atom is 0.270 e. The molecule has 0 aromatic heterocycles. The van der Waals surface area contributed by atoms with Gasteiger partial charge in [0.1, 0.15) is 5.60 Å². The van der Waals surface area contributed by atoms with Crippen molar-refractivity contribution < 1.29 is 28.1 Å². The number of carbonyl (C=O) groups excluding carboxylic acids is 1. The predicted octanol–water partition coefficient (Wildman–Crippen LogP) is 1.34. The Labute approximate surface area is 171 Å². The zero-order chi connectivity index (χ0) is 21.9. The maximum absolute atomic E-state index is 13.0. The van der Waals surface area contributed by atoms with Crippen LogP contribution >= 0.6 is 0 Å². The second-order valence-corrected chi connectivity index (χ2v) is 7.29. The molecule has 1 aromatic rings. The number of aliphatic imine (C=N–C) groups is 1. The van der Waals surface area contributed by atoms with Gasteiger partial charge in [-0.05, 0) is 31.0 Å². The van der Waals surface area contributed by atoms with Gasteiger partial charge in [-0.1, -0.05) is 16.8 Å². The summed E-state index contributed by atoms with van der Waals surface area (Å²) in [5.41, 5.74) is 6.63. The molecule has 3 atom stereocenters. The number of benzene rings is 1. The van der Waals surface area contributed by atoms with E-state index >= 15 is 0 Å². The highest BCUT2D eigenvalue weighted by atomic mass is 19.3. The molecule has 10 heteroatoms. The first-order valence-electron chi connectivity index (χ1n) is 9.31. The zero-order valence-corrected chi connectivity index (χ0v) is 16.3. The molecule has 2 heterocycles. The van der Waals surface area contributed by atoms with E-state index in [0.29, 0.717) is 25.3 Å². The second kappa shape index (κ2) is 8.69. The van der Waals surface area contributed by atoms with Crippen molar-refractivity contribution in [2.75, 3.05) is 13.2 Å². The number of alkyl halides is 2. The number of ether oxygens (including phenoxy) is 1. The molecule has 8 nitrogen and oxygen atoms in total. The molecule has 158 valence electrons. The van der Waals surface area contributed by atoms with E-state index in [1.807, 2.05) is 0 Å². The fourth-order valence-electron chi connectivity index (χ4n) is 3.16. The van der Waals surface area contributed by atoms with Crippen molar-refractivity contribution in [2.24, 2.45) is 22.6 Å². The van der Waals surface area contributed by atoms with E-state index in [-0.39, 0.29) is 28.8 Å². The number of hydrogen-bond acceptors (Lipinski definition) is 5. The second-order valence-electron chi connectivity index (χ2n) is 7.29. The van der Waals surface area contributed by atoms with E-state index in [1.165, 1.54) is 35.1 Å². The minimum absolute atomic E-state index is 0.0429. The third kappa shape index (κ3) is 4.53. The number of nitrogens with one attached hydrogen (secondary N) is 1. The Morgan fingerprint density at radius 1 is 1.50 bits per heavy atom. The normalized spacial score (nSPS) is 26.2. The quantitative estimate of drug-likeness (QED) is 0.623. The van der Waals surface area contributed by atoms with Gasteiger partial charge in [-0.3, -0.25) is 4.79 Å². The number of nitrogens with two attached hydrogens (primary N) is 1. The number of halogens is 2. The van der Waals surface area contributed by atoms with Crippen molar-refractivity contribution in [2.45, 2.75) is 25.4 Å². The molecule has 3 rings (SSSR count). The summed E-state index contributed by atoms with van der Waals surface area (Å²) in [6, 6.07) is 7.84. The van der Waals surface area contributed by atoms with Crippen molar-refractivity contribution in [3.63, 3.8) is 0 Å². The van der Waals surface area contributed by atoms with Crippen LogP contribution in [0, 0.1) is 23.2 Å². The van der Waals surface area contributed by atoms with Crippen molar-refractivity contribution in [3.8, 4) is 6.07 Å². The van der Waals surface area contributed by atoms with Crippen LogP contribution in [0.3, 0.4) is 0 Å². The van der Waals surface area contributed by atoms with Gasteiger partial charge < -0.3 is 15.6 Å². The summed E-state index contributed by atoms with van der Waals surface area (Å²) in [5.74, 6) is -0.900. The van der Waals surface area contributed by atoms with E-state index in [0.717, 1.165) is 6.92 Å². The van der Waals surface area contributed by atoms with Crippen molar-refractivity contribution in [3.05, 3.63) is 41.6 Å². The molecule has 0 bridgehead atoms. The predicted molar refractivity (Wildman–Crippen MR) is 104 cm³/mol. The van der Waals surface area contributed by atoms with Crippen LogP contribution in [0.15, 0.2) is 41.0 Å². The number of nitriles is 1. The first kappa shape index (κ1) is 21.5. The summed E-state index contributed by atoms with van der Waals surface area (Å²) in [4.78, 5) is 16.1. The molecule has 4 N–H and O–H groups in total. The Morgan fingerprint density at radius 3 is 2.80 bits per heavy atom. The van der Waals surface area contributed by atoms with Gasteiger partial charge in [0.15, 0.2) is 11.8 Å². The number of rotatable bonds is 5. The SMILES string of the molecule is CC(O)(c1ccc(N=C2N[N+](=CC3COCCC3C#N)C=C2C(N)=O)cc1)C(F)F. The number of amides is 1. The fourth-order valence-corrected chi connectivity index (χ4v) is 3.16. The highest BCUT2D eigenvalue weighted by molar-refractivity contribution is 6.21. The van der Waals surface area contributed by atoms with Gasteiger partial charge in [0.2, 0.25) is 12.0 Å². The Kier molecular flexibility index (Phi) is 6.24. The number of hydrogen-bond donors (Lipinski definition) is 3. The Morgan fingerprint density at radius 2 is 2.20 bits per heavy atom. The number of hydrazine groups is 1. The smallest absolute Gasteiger partial charge is 0.270 e. The monoisotopic (exact) mass is 418 g/mol. The van der Waals surface area contributed by atoms with E-state index in [1.54, 1.807) is 6.21 Å². The van der Waals surface area contributed by atoms with Gasteiger partial charge in [-0.2, -0.15) is 5.26 Å². The van der Waals surface area contributed by atoms with Crippen LogP contribution in [0.25, 0.3) is 0 Å². The molecule has 3 unspecified atom stereocenters. The van der Waals surface area contributed by atoms with Crippen LogP contribution in [0.4, 0.5) is 14.5 Å². The highest BCUT2D eigenvalue weighted by Gasteiger charge is 2.35. The lowest BCUT2D eigenvalue weighted by molar-refractivity contribution is -0.495. The first-order valence-corrected chi connectivity index (χ1v) is 9.31. The standard InChI is InChI=1S/C20H21F2N5O3/c1-20(29,19(21)22)14-2-4-15(5-3-14)25-18-16(17(24)28)10-27(26-18)9-13-11-30-7-6-12(13)8-23/h2-5,9-10,12-13,19,29H,6-7,11H2,1H3,(H2-,24,25,26,28)/p+1. The summed E-state index contributed by atoms with van der Waals surface area (Å²) in [7, 11) is 0. The van der Waals surface area contributed by atoms with Gasteiger partial charge in [-0.15, -0.1) is 5.43 Å². The molecule has 2 aliphatic heterocycles. The molecule has 1 saturated heterocycles. The van der Waals surface area contributed by atoms with Crippen LogP contribution in [-0.4, -0.2) is 47.4 Å². The lowest BCUT2D eigenvalue weighted by Crippen LogP contribution is -2.34. The van der Waals surface area contributed by atoms with Gasteiger partial charge in [-0.25, -0.2) is 13.8 Å². The molecular weight excluding hydrogens is 396 g/mol. The number of hydrazone groups is 1. The minimum Gasteiger partial charge on any atom is -0.380 e. The summed E-state index contributed by atoms with van der Waals surface area (Å²) in [6.07, 6.45) is 0.885. The number of primary amides is 1. The number of amidine groups is 1. The largest absolute Gasteiger partial charge is 0.380 e. The molecule has 0 saturated carbocycles. The molecule has 0 radical (unpaired) electrons. The van der Waals surface area contributed by atoms with Crippen LogP contribution in [0.1, 0.15) is 18.9 Å². The zero-order valence-electron chi connectivity index (χ0n) is 16.3. The van der Waals surface area contributed by atoms with Crippen molar-refractivity contribution in [1.82, 2.24) is 5.43 Å². The lowest BCUT2D eigenvalue weighted by Gasteiger charge is -2.22. The molecule has 1 amide bonds. The third-order valence-corrected chi connectivity index (χ3v) is 5.06. The van der Waals surface area contributed by atoms with E-state index in [4.69, 9.17) is 10.5 Å². The maximum atomic E-state index is 13.0. The summed E-state index contributed by atoms with van der Waals surface area (Å²) in [5, 5.41) is 19.2. The van der Waals surface area contributed by atoms with E-state index in [9.17, 15) is 23.9 Å². The van der Waals surface area contributed by atoms with Crippen LogP contribution in [0.5, 0.6) is 0 Å². The number of aliphatic hydroxyl groups is 1. The fraction of sp³-hybridized carbons (Fsp3) is 0.400. The Bertz CT molecular complexity index is 948. The summed E-state index contributed by atoms with van der Waals surface area (Å²) >= 11 is 0. The summed E-state index contributed by atoms with van der Waals surface area (Å²) in [6.45, 7) is 1.94. The van der Waals surface area contributed by atoms with Gasteiger partial charge >= 0.3 is 0 Å². The lowest BCUT2D eigenvalue weighted by atomic mass is 9.91. The van der Waals surface area contributed by atoms with Crippen LogP contribution < -0.4 is 11.2 Å². The molecular formula is C20H22F2N5O3+. The minimum atomic E-state index is -2.94. The third-order valence-electron chi connectivity index (χ3n) is 5.06. The molecule has 2 aliphatic rings.